The minimum absolute atomic E-state index is 0.0995. The fourth-order valence-electron chi connectivity index (χ4n) is 2.86. The summed E-state index contributed by atoms with van der Waals surface area (Å²) < 4.78 is 0. The first-order chi connectivity index (χ1) is 11.7. The van der Waals surface area contributed by atoms with Crippen molar-refractivity contribution in [3.05, 3.63) is 64.4 Å². The molecule has 3 N–H and O–H groups in total. The van der Waals surface area contributed by atoms with Gasteiger partial charge in [-0.15, -0.1) is 0 Å². The highest BCUT2D eigenvalue weighted by atomic mass is 35.5. The van der Waals surface area contributed by atoms with Gasteiger partial charge >= 0.3 is 0 Å². The number of halogens is 1. The molecule has 3 aromatic rings. The maximum atomic E-state index is 12.5. The summed E-state index contributed by atoms with van der Waals surface area (Å²) in [5, 5.41) is 7.92. The number of aromatic nitrogens is 2. The Hall–Kier alpha value is -2.79. The van der Waals surface area contributed by atoms with Gasteiger partial charge < -0.3 is 15.6 Å². The van der Waals surface area contributed by atoms with E-state index < -0.39 is 0 Å². The Kier molecular flexibility index (Phi) is 3.70. The number of rotatable bonds is 3. The van der Waals surface area contributed by atoms with Gasteiger partial charge in [-0.1, -0.05) is 23.7 Å². The standard InChI is InChI=1S/C18H15ClN4O/c19-14-3-1-2-11(6-14)8-23-18(24)13-7-12-9-22-17-16(12)15(21-10-13)4-5-20-17/h1-7,9,21H,8,10H2,(H,20,22)(H,23,24). The third kappa shape index (κ3) is 2.74. The summed E-state index contributed by atoms with van der Waals surface area (Å²) in [6.45, 7) is 0.906. The summed E-state index contributed by atoms with van der Waals surface area (Å²) in [7, 11) is 0. The number of H-pyrrole nitrogens is 1. The zero-order valence-electron chi connectivity index (χ0n) is 12.8. The van der Waals surface area contributed by atoms with E-state index in [1.807, 2.05) is 42.6 Å². The maximum Gasteiger partial charge on any atom is 0.249 e. The Morgan fingerprint density at radius 2 is 2.25 bits per heavy atom. The van der Waals surface area contributed by atoms with Crippen LogP contribution in [0.15, 0.2) is 48.3 Å². The molecule has 1 aromatic carbocycles. The average Bonchev–Trinajstić information content (AvgIpc) is 2.89. The summed E-state index contributed by atoms with van der Waals surface area (Å²) in [6.07, 6.45) is 5.52. The number of hydrogen-bond donors (Lipinski definition) is 3. The Bertz CT molecular complexity index is 961. The van der Waals surface area contributed by atoms with E-state index >= 15 is 0 Å². The fourth-order valence-corrected chi connectivity index (χ4v) is 3.07. The number of pyridine rings is 1. The predicted molar refractivity (Wildman–Crippen MR) is 95.9 cm³/mol. The summed E-state index contributed by atoms with van der Waals surface area (Å²) in [4.78, 5) is 20.0. The Labute approximate surface area is 143 Å². The second-order valence-electron chi connectivity index (χ2n) is 5.66. The first-order valence-electron chi connectivity index (χ1n) is 7.64. The van der Waals surface area contributed by atoms with Crippen LogP contribution >= 0.6 is 11.6 Å². The van der Waals surface area contributed by atoms with Gasteiger partial charge in [-0.2, -0.15) is 0 Å². The van der Waals surface area contributed by atoms with Crippen molar-refractivity contribution in [1.82, 2.24) is 15.3 Å². The number of benzene rings is 1. The lowest BCUT2D eigenvalue weighted by atomic mass is 10.1. The van der Waals surface area contributed by atoms with Crippen LogP contribution in [0.4, 0.5) is 5.69 Å². The van der Waals surface area contributed by atoms with Crippen molar-refractivity contribution < 1.29 is 4.79 Å². The molecular weight excluding hydrogens is 324 g/mol. The highest BCUT2D eigenvalue weighted by Gasteiger charge is 2.17. The number of nitrogens with one attached hydrogen (secondary N) is 3. The number of aromatic amines is 1. The molecule has 0 unspecified atom stereocenters. The monoisotopic (exact) mass is 338 g/mol. The van der Waals surface area contributed by atoms with Crippen molar-refractivity contribution >= 4 is 40.3 Å². The largest absolute Gasteiger partial charge is 0.380 e. The van der Waals surface area contributed by atoms with Crippen molar-refractivity contribution in [2.75, 3.05) is 11.9 Å². The van der Waals surface area contributed by atoms with Crippen LogP contribution in [0.3, 0.4) is 0 Å². The molecule has 2 aromatic heterocycles. The molecule has 6 heteroatoms. The maximum absolute atomic E-state index is 12.5. The van der Waals surface area contributed by atoms with E-state index in [9.17, 15) is 4.79 Å². The molecule has 0 radical (unpaired) electrons. The smallest absolute Gasteiger partial charge is 0.249 e. The van der Waals surface area contributed by atoms with Crippen LogP contribution in [0.2, 0.25) is 5.02 Å². The zero-order valence-corrected chi connectivity index (χ0v) is 13.5. The first-order valence-corrected chi connectivity index (χ1v) is 8.02. The van der Waals surface area contributed by atoms with Gasteiger partial charge in [0, 0.05) is 52.7 Å². The van der Waals surface area contributed by atoms with Crippen molar-refractivity contribution in [3.63, 3.8) is 0 Å². The minimum atomic E-state index is -0.0995. The first kappa shape index (κ1) is 14.8. The van der Waals surface area contributed by atoms with E-state index in [4.69, 9.17) is 11.6 Å². The molecular formula is C18H15ClN4O. The molecule has 120 valence electrons. The molecule has 1 aliphatic heterocycles. The Morgan fingerprint density at radius 1 is 1.33 bits per heavy atom. The number of hydrogen-bond acceptors (Lipinski definition) is 3. The van der Waals surface area contributed by atoms with Crippen molar-refractivity contribution in [1.29, 1.82) is 0 Å². The molecule has 0 spiro atoms. The highest BCUT2D eigenvalue weighted by Crippen LogP contribution is 2.29. The number of carbonyl (C=O) groups is 1. The minimum Gasteiger partial charge on any atom is -0.380 e. The molecule has 3 heterocycles. The van der Waals surface area contributed by atoms with Crippen molar-refractivity contribution in [3.8, 4) is 0 Å². The van der Waals surface area contributed by atoms with E-state index in [1.54, 1.807) is 6.20 Å². The molecule has 0 bridgehead atoms. The van der Waals surface area contributed by atoms with Crippen LogP contribution < -0.4 is 10.6 Å². The Morgan fingerprint density at radius 3 is 3.12 bits per heavy atom. The zero-order chi connectivity index (χ0) is 16.5. The number of amides is 1. The van der Waals surface area contributed by atoms with Crippen molar-refractivity contribution in [2.45, 2.75) is 6.54 Å². The lowest BCUT2D eigenvalue weighted by Gasteiger charge is -2.10. The second-order valence-corrected chi connectivity index (χ2v) is 6.10. The molecule has 0 aliphatic carbocycles. The lowest BCUT2D eigenvalue weighted by molar-refractivity contribution is -0.117. The molecule has 1 aliphatic rings. The van der Waals surface area contributed by atoms with Gasteiger partial charge in [0.2, 0.25) is 5.91 Å². The van der Waals surface area contributed by atoms with Crippen LogP contribution in [0.5, 0.6) is 0 Å². The van der Waals surface area contributed by atoms with Gasteiger partial charge in [-0.05, 0) is 29.8 Å². The van der Waals surface area contributed by atoms with Gasteiger partial charge in [0.25, 0.3) is 0 Å². The van der Waals surface area contributed by atoms with Gasteiger partial charge in [0.05, 0.1) is 0 Å². The predicted octanol–water partition coefficient (Wildman–Crippen LogP) is 3.34. The van der Waals surface area contributed by atoms with Crippen molar-refractivity contribution in [2.24, 2.45) is 0 Å². The average molecular weight is 339 g/mol. The van der Waals surface area contributed by atoms with E-state index in [0.717, 1.165) is 27.8 Å². The fraction of sp³-hybridized carbons (Fsp3) is 0.111. The number of carbonyl (C=O) groups excluding carboxylic acids is 1. The molecule has 0 atom stereocenters. The lowest BCUT2D eigenvalue weighted by Crippen LogP contribution is -2.27. The van der Waals surface area contributed by atoms with Gasteiger partial charge in [0.15, 0.2) is 0 Å². The molecule has 0 saturated heterocycles. The van der Waals surface area contributed by atoms with Crippen LogP contribution in [0.25, 0.3) is 17.1 Å². The van der Waals surface area contributed by atoms with Gasteiger partial charge in [0.1, 0.15) is 5.65 Å². The third-order valence-corrected chi connectivity index (χ3v) is 4.27. The summed E-state index contributed by atoms with van der Waals surface area (Å²) >= 11 is 5.97. The van der Waals surface area contributed by atoms with E-state index in [-0.39, 0.29) is 5.91 Å². The van der Waals surface area contributed by atoms with Gasteiger partial charge in [-0.3, -0.25) is 4.79 Å². The topological polar surface area (TPSA) is 69.8 Å². The Balaban J connectivity index is 1.55. The second kappa shape index (κ2) is 6.02. The summed E-state index contributed by atoms with van der Waals surface area (Å²) in [5.41, 5.74) is 4.40. The van der Waals surface area contributed by atoms with E-state index in [1.165, 1.54) is 0 Å². The highest BCUT2D eigenvalue weighted by molar-refractivity contribution is 6.30. The number of anilines is 1. The summed E-state index contributed by atoms with van der Waals surface area (Å²) in [6, 6.07) is 9.38. The van der Waals surface area contributed by atoms with Crippen LogP contribution in [0, 0.1) is 0 Å². The van der Waals surface area contributed by atoms with Crippen LogP contribution in [0.1, 0.15) is 11.1 Å². The van der Waals surface area contributed by atoms with Crippen LogP contribution in [-0.4, -0.2) is 22.4 Å². The summed E-state index contributed by atoms with van der Waals surface area (Å²) in [5.74, 6) is -0.0995. The molecule has 1 amide bonds. The molecule has 5 nitrogen and oxygen atoms in total. The third-order valence-electron chi connectivity index (χ3n) is 4.04. The van der Waals surface area contributed by atoms with Crippen LogP contribution in [-0.2, 0) is 11.3 Å². The quantitative estimate of drug-likeness (QED) is 0.686. The molecule has 4 rings (SSSR count). The molecule has 0 fully saturated rings. The van der Waals surface area contributed by atoms with Gasteiger partial charge in [-0.25, -0.2) is 4.98 Å². The SMILES string of the molecule is O=C(NCc1cccc(Cl)c1)C1=Cc2c[nH]c3nccc(c23)NC1. The number of nitrogens with zero attached hydrogens (tertiary/aromatic N) is 1. The van der Waals surface area contributed by atoms with E-state index in [2.05, 4.69) is 20.6 Å². The molecule has 0 saturated carbocycles. The molecule has 24 heavy (non-hydrogen) atoms. The normalized spacial score (nSPS) is 13.1. The van der Waals surface area contributed by atoms with E-state index in [0.29, 0.717) is 23.7 Å².